The third kappa shape index (κ3) is 6.04. The van der Waals surface area contributed by atoms with E-state index in [1.165, 1.54) is 16.2 Å². The fraction of sp³-hybridized carbons (Fsp3) is 0.240. The highest BCUT2D eigenvalue weighted by molar-refractivity contribution is 7.12. The Morgan fingerprint density at radius 1 is 0.906 bits per heavy atom. The molecule has 0 radical (unpaired) electrons. The van der Waals surface area contributed by atoms with E-state index >= 15 is 0 Å². The number of carbonyl (C=O) groups is 3. The Morgan fingerprint density at radius 3 is 2.09 bits per heavy atom. The quantitative estimate of drug-likeness (QED) is 0.568. The molecule has 2 N–H and O–H groups in total. The van der Waals surface area contributed by atoms with Crippen molar-refractivity contribution in [3.63, 3.8) is 0 Å². The lowest BCUT2D eigenvalue weighted by atomic mass is 10.0. The number of benzene rings is 2. The molecule has 1 heterocycles. The number of nitrogens with zero attached hydrogens (tertiary/aromatic N) is 1. The summed E-state index contributed by atoms with van der Waals surface area (Å²) in [5, 5.41) is 7.47. The summed E-state index contributed by atoms with van der Waals surface area (Å²) in [6, 6.07) is 20.8. The molecule has 166 valence electrons. The van der Waals surface area contributed by atoms with Crippen molar-refractivity contribution in [1.82, 2.24) is 10.6 Å². The zero-order valence-electron chi connectivity index (χ0n) is 18.4. The summed E-state index contributed by atoms with van der Waals surface area (Å²) in [7, 11) is 0. The second kappa shape index (κ2) is 10.2. The van der Waals surface area contributed by atoms with Crippen LogP contribution in [0.2, 0.25) is 0 Å². The van der Waals surface area contributed by atoms with Crippen LogP contribution in [0.3, 0.4) is 0 Å². The highest BCUT2D eigenvalue weighted by atomic mass is 32.1. The Morgan fingerprint density at radius 2 is 1.53 bits per heavy atom. The van der Waals surface area contributed by atoms with Crippen molar-refractivity contribution in [2.45, 2.75) is 32.4 Å². The van der Waals surface area contributed by atoms with Gasteiger partial charge in [-0.15, -0.1) is 11.3 Å². The molecule has 32 heavy (non-hydrogen) atoms. The summed E-state index contributed by atoms with van der Waals surface area (Å²) in [5.74, 6) is -1.01. The molecule has 6 nitrogen and oxygen atoms in total. The van der Waals surface area contributed by atoms with E-state index in [9.17, 15) is 14.4 Å². The van der Waals surface area contributed by atoms with Gasteiger partial charge in [0.15, 0.2) is 0 Å². The average Bonchev–Trinajstić information content (AvgIpc) is 3.30. The predicted octanol–water partition coefficient (Wildman–Crippen LogP) is 4.17. The molecule has 1 aromatic heterocycles. The highest BCUT2D eigenvalue weighted by Gasteiger charge is 2.34. The molecule has 0 bridgehead atoms. The van der Waals surface area contributed by atoms with Crippen molar-refractivity contribution in [3.8, 4) is 0 Å². The molecule has 0 spiro atoms. The lowest BCUT2D eigenvalue weighted by molar-refractivity contribution is -0.127. The monoisotopic (exact) mass is 449 g/mol. The molecule has 1 atom stereocenters. The van der Waals surface area contributed by atoms with Crippen LogP contribution in [-0.2, 0) is 9.59 Å². The number of rotatable bonds is 7. The molecule has 0 aliphatic carbocycles. The van der Waals surface area contributed by atoms with E-state index in [1.807, 2.05) is 69.3 Å². The Balaban J connectivity index is 1.96. The van der Waals surface area contributed by atoms with Gasteiger partial charge in [-0.05, 0) is 49.9 Å². The first-order valence-corrected chi connectivity index (χ1v) is 11.2. The summed E-state index contributed by atoms with van der Waals surface area (Å²) in [4.78, 5) is 41.2. The van der Waals surface area contributed by atoms with E-state index in [2.05, 4.69) is 10.6 Å². The van der Waals surface area contributed by atoms with E-state index in [0.29, 0.717) is 16.1 Å². The number of amides is 3. The Hall–Kier alpha value is -3.45. The van der Waals surface area contributed by atoms with Gasteiger partial charge in [0.05, 0.1) is 11.4 Å². The lowest BCUT2D eigenvalue weighted by Crippen LogP contribution is -2.51. The van der Waals surface area contributed by atoms with Crippen molar-refractivity contribution < 1.29 is 14.4 Å². The standard InChI is InChI=1S/C25H27N3O3S/c1-25(2,3)27-24(31)22(18-11-6-4-7-12-18)28(19-13-8-5-9-14-19)21(29)17-26-23(30)20-15-10-16-32-20/h4-16,22H,17H2,1-3H3,(H,26,30)(H,27,31)/t22-/m0/s1. The number of nitrogens with one attached hydrogen (secondary N) is 2. The number of carbonyl (C=O) groups excluding carboxylic acids is 3. The van der Waals surface area contributed by atoms with Crippen LogP contribution in [0.5, 0.6) is 0 Å². The first-order chi connectivity index (χ1) is 15.3. The molecule has 0 aliphatic heterocycles. The molecular formula is C25H27N3O3S. The fourth-order valence-corrected chi connectivity index (χ4v) is 3.89. The Kier molecular flexibility index (Phi) is 7.43. The van der Waals surface area contributed by atoms with Crippen molar-refractivity contribution in [3.05, 3.63) is 88.6 Å². The first kappa shape index (κ1) is 23.2. The van der Waals surface area contributed by atoms with E-state index in [0.717, 1.165) is 0 Å². The van der Waals surface area contributed by atoms with Crippen LogP contribution < -0.4 is 15.5 Å². The summed E-state index contributed by atoms with van der Waals surface area (Å²) in [6.07, 6.45) is 0. The summed E-state index contributed by atoms with van der Waals surface area (Å²) < 4.78 is 0. The minimum atomic E-state index is -0.899. The van der Waals surface area contributed by atoms with Gasteiger partial charge < -0.3 is 10.6 Å². The van der Waals surface area contributed by atoms with Crippen LogP contribution >= 0.6 is 11.3 Å². The van der Waals surface area contributed by atoms with Gasteiger partial charge in [0.1, 0.15) is 6.04 Å². The van der Waals surface area contributed by atoms with Crippen LogP contribution in [0.1, 0.15) is 42.0 Å². The number of para-hydroxylation sites is 1. The van der Waals surface area contributed by atoms with Gasteiger partial charge in [-0.25, -0.2) is 0 Å². The molecular weight excluding hydrogens is 422 g/mol. The van der Waals surface area contributed by atoms with Gasteiger partial charge in [0.25, 0.3) is 5.91 Å². The Labute approximate surface area is 192 Å². The van der Waals surface area contributed by atoms with Crippen molar-refractivity contribution in [1.29, 1.82) is 0 Å². The van der Waals surface area contributed by atoms with Crippen LogP contribution in [-0.4, -0.2) is 29.8 Å². The molecule has 3 aromatic rings. The van der Waals surface area contributed by atoms with E-state index in [-0.39, 0.29) is 24.3 Å². The van der Waals surface area contributed by atoms with E-state index in [1.54, 1.807) is 29.6 Å². The fourth-order valence-electron chi connectivity index (χ4n) is 3.25. The summed E-state index contributed by atoms with van der Waals surface area (Å²) >= 11 is 1.30. The molecule has 0 unspecified atom stereocenters. The minimum absolute atomic E-state index is 0.238. The zero-order chi connectivity index (χ0) is 23.1. The SMILES string of the molecule is CC(C)(C)NC(=O)[C@H](c1ccccc1)N(C(=O)CNC(=O)c1cccs1)c1ccccc1. The maximum Gasteiger partial charge on any atom is 0.261 e. The normalized spacial score (nSPS) is 12.0. The third-order valence-corrected chi connectivity index (χ3v) is 5.44. The average molecular weight is 450 g/mol. The summed E-state index contributed by atoms with van der Waals surface area (Å²) in [6.45, 7) is 5.44. The second-order valence-electron chi connectivity index (χ2n) is 8.31. The number of hydrogen-bond acceptors (Lipinski definition) is 4. The zero-order valence-corrected chi connectivity index (χ0v) is 19.2. The smallest absolute Gasteiger partial charge is 0.261 e. The third-order valence-electron chi connectivity index (χ3n) is 4.57. The topological polar surface area (TPSA) is 78.5 Å². The molecule has 0 fully saturated rings. The minimum Gasteiger partial charge on any atom is -0.349 e. The molecule has 3 amide bonds. The maximum absolute atomic E-state index is 13.4. The predicted molar refractivity (Wildman–Crippen MR) is 128 cm³/mol. The van der Waals surface area contributed by atoms with Crippen LogP contribution in [0.15, 0.2) is 78.2 Å². The van der Waals surface area contributed by atoms with Crippen LogP contribution in [0.25, 0.3) is 0 Å². The van der Waals surface area contributed by atoms with E-state index in [4.69, 9.17) is 0 Å². The largest absolute Gasteiger partial charge is 0.349 e. The molecule has 7 heteroatoms. The van der Waals surface area contributed by atoms with Gasteiger partial charge in [-0.2, -0.15) is 0 Å². The molecule has 3 rings (SSSR count). The van der Waals surface area contributed by atoms with Gasteiger partial charge in [0, 0.05) is 11.2 Å². The van der Waals surface area contributed by atoms with Gasteiger partial charge >= 0.3 is 0 Å². The molecule has 0 saturated heterocycles. The molecule has 0 aliphatic rings. The second-order valence-corrected chi connectivity index (χ2v) is 9.26. The summed E-state index contributed by atoms with van der Waals surface area (Å²) in [5.41, 5.74) is 0.764. The van der Waals surface area contributed by atoms with Crippen molar-refractivity contribution in [2.24, 2.45) is 0 Å². The van der Waals surface area contributed by atoms with Crippen molar-refractivity contribution in [2.75, 3.05) is 11.4 Å². The first-order valence-electron chi connectivity index (χ1n) is 10.3. The maximum atomic E-state index is 13.4. The molecule has 2 aromatic carbocycles. The number of anilines is 1. The highest BCUT2D eigenvalue weighted by Crippen LogP contribution is 2.28. The van der Waals surface area contributed by atoms with Gasteiger partial charge in [-0.1, -0.05) is 54.6 Å². The molecule has 0 saturated carbocycles. The number of hydrogen-bond donors (Lipinski definition) is 2. The number of thiophene rings is 1. The Bertz CT molecular complexity index is 1050. The lowest BCUT2D eigenvalue weighted by Gasteiger charge is -2.34. The van der Waals surface area contributed by atoms with Crippen LogP contribution in [0, 0.1) is 0 Å². The van der Waals surface area contributed by atoms with Gasteiger partial charge in [-0.3, -0.25) is 19.3 Å². The van der Waals surface area contributed by atoms with Crippen LogP contribution in [0.4, 0.5) is 5.69 Å². The van der Waals surface area contributed by atoms with E-state index < -0.39 is 11.6 Å². The van der Waals surface area contributed by atoms with Crippen molar-refractivity contribution >= 4 is 34.7 Å². The van der Waals surface area contributed by atoms with Gasteiger partial charge in [0.2, 0.25) is 11.8 Å².